The van der Waals surface area contributed by atoms with E-state index in [4.69, 9.17) is 14.2 Å². The Hall–Kier alpha value is -5.31. The van der Waals surface area contributed by atoms with Gasteiger partial charge in [0.15, 0.2) is 0 Å². The molecule has 0 saturated carbocycles. The van der Waals surface area contributed by atoms with Crippen LogP contribution in [0.4, 0.5) is 10.5 Å². The SMILES string of the molecule is CC(C)C[C@H](NC(=O)Nc1ccc(Oc2ccccc2)cc1)C(=O)N[C@@H](Cc1ccc(OCc2ccccc2)cc1)C(=O)OC(C)(C)C. The summed E-state index contributed by atoms with van der Waals surface area (Å²) in [5.41, 5.74) is 1.63. The van der Waals surface area contributed by atoms with Crippen LogP contribution < -0.4 is 25.4 Å². The van der Waals surface area contributed by atoms with Gasteiger partial charge in [-0.25, -0.2) is 9.59 Å². The van der Waals surface area contributed by atoms with Gasteiger partial charge in [-0.05, 0) is 92.8 Å². The lowest BCUT2D eigenvalue weighted by molar-refractivity contribution is -0.158. The molecule has 0 unspecified atom stereocenters. The van der Waals surface area contributed by atoms with E-state index in [1.807, 2.05) is 98.8 Å². The van der Waals surface area contributed by atoms with Gasteiger partial charge in [0.05, 0.1) is 0 Å². The normalized spacial score (nSPS) is 12.4. The average Bonchev–Trinajstić information content (AvgIpc) is 3.04. The van der Waals surface area contributed by atoms with Gasteiger partial charge in [-0.2, -0.15) is 0 Å². The van der Waals surface area contributed by atoms with Crippen molar-refractivity contribution in [2.45, 2.75) is 71.8 Å². The Bertz CT molecular complexity index is 1600. The predicted octanol–water partition coefficient (Wildman–Crippen LogP) is 7.66. The number of hydrogen-bond acceptors (Lipinski definition) is 6. The monoisotopic (exact) mass is 651 g/mol. The minimum Gasteiger partial charge on any atom is -0.489 e. The van der Waals surface area contributed by atoms with Crippen LogP contribution in [0.5, 0.6) is 17.2 Å². The number of amides is 3. The fraction of sp³-hybridized carbons (Fsp3) is 0.308. The van der Waals surface area contributed by atoms with Crippen LogP contribution in [0.3, 0.4) is 0 Å². The Balaban J connectivity index is 1.39. The number of benzene rings is 4. The Kier molecular flexibility index (Phi) is 12.6. The van der Waals surface area contributed by atoms with Gasteiger partial charge >= 0.3 is 12.0 Å². The third kappa shape index (κ3) is 12.1. The highest BCUT2D eigenvalue weighted by Crippen LogP contribution is 2.23. The number of ether oxygens (including phenoxy) is 3. The quantitative estimate of drug-likeness (QED) is 0.121. The summed E-state index contributed by atoms with van der Waals surface area (Å²) in [6.07, 6.45) is 0.551. The van der Waals surface area contributed by atoms with Crippen molar-refractivity contribution in [2.24, 2.45) is 5.92 Å². The van der Waals surface area contributed by atoms with E-state index in [9.17, 15) is 14.4 Å². The third-order valence-electron chi connectivity index (χ3n) is 7.04. The molecule has 0 aliphatic carbocycles. The molecule has 4 aromatic rings. The van der Waals surface area contributed by atoms with Crippen LogP contribution in [0.15, 0.2) is 109 Å². The number of para-hydroxylation sites is 1. The van der Waals surface area contributed by atoms with Gasteiger partial charge in [0.1, 0.15) is 41.5 Å². The summed E-state index contributed by atoms with van der Waals surface area (Å²) >= 11 is 0. The standard InChI is InChI=1S/C39H45N3O6/c1-27(2)24-34(42-38(45)40-30-18-22-33(23-19-30)47-32-14-10-7-11-15-32)36(43)41-35(37(44)48-39(3,4)5)25-28-16-20-31(21-17-28)46-26-29-12-8-6-9-13-29/h6-23,27,34-35H,24-26H2,1-5H3,(H,41,43)(H2,40,42,45)/t34-,35-/m0/s1. The van der Waals surface area contributed by atoms with Gasteiger partial charge in [-0.3, -0.25) is 4.79 Å². The van der Waals surface area contributed by atoms with Gasteiger partial charge in [-0.15, -0.1) is 0 Å². The third-order valence-corrected chi connectivity index (χ3v) is 7.04. The first-order chi connectivity index (χ1) is 22.9. The second-order valence-electron chi connectivity index (χ2n) is 12.9. The molecule has 0 aliphatic rings. The van der Waals surface area contributed by atoms with Crippen molar-refractivity contribution >= 4 is 23.6 Å². The van der Waals surface area contributed by atoms with Gasteiger partial charge in [-0.1, -0.05) is 74.5 Å². The van der Waals surface area contributed by atoms with E-state index in [2.05, 4.69) is 16.0 Å². The minimum atomic E-state index is -0.982. The van der Waals surface area contributed by atoms with E-state index < -0.39 is 35.6 Å². The number of carbonyl (C=O) groups excluding carboxylic acids is 3. The highest BCUT2D eigenvalue weighted by atomic mass is 16.6. The van der Waals surface area contributed by atoms with Crippen molar-refractivity contribution in [2.75, 3.05) is 5.32 Å². The molecule has 0 spiro atoms. The number of carbonyl (C=O) groups is 3. The number of hydrogen-bond donors (Lipinski definition) is 3. The number of rotatable bonds is 14. The van der Waals surface area contributed by atoms with E-state index in [0.717, 1.165) is 11.1 Å². The van der Waals surface area contributed by atoms with E-state index in [-0.39, 0.29) is 12.3 Å². The minimum absolute atomic E-state index is 0.0823. The summed E-state index contributed by atoms with van der Waals surface area (Å²) in [5.74, 6) is 1.04. The molecular formula is C39H45N3O6. The van der Waals surface area contributed by atoms with E-state index in [0.29, 0.717) is 36.0 Å². The molecule has 3 amide bonds. The topological polar surface area (TPSA) is 115 Å². The van der Waals surface area contributed by atoms with Gasteiger partial charge < -0.3 is 30.2 Å². The molecule has 3 N–H and O–H groups in total. The molecule has 4 rings (SSSR count). The maximum Gasteiger partial charge on any atom is 0.329 e. The van der Waals surface area contributed by atoms with Crippen LogP contribution in [0.25, 0.3) is 0 Å². The highest BCUT2D eigenvalue weighted by Gasteiger charge is 2.30. The van der Waals surface area contributed by atoms with Crippen molar-refractivity contribution in [1.82, 2.24) is 10.6 Å². The van der Waals surface area contributed by atoms with Crippen LogP contribution >= 0.6 is 0 Å². The maximum atomic E-state index is 13.6. The van der Waals surface area contributed by atoms with E-state index in [1.165, 1.54) is 0 Å². The Morgan fingerprint density at radius 3 is 1.85 bits per heavy atom. The van der Waals surface area contributed by atoms with Gasteiger partial charge in [0, 0.05) is 12.1 Å². The maximum absolute atomic E-state index is 13.6. The summed E-state index contributed by atoms with van der Waals surface area (Å²) in [6.45, 7) is 9.67. The highest BCUT2D eigenvalue weighted by molar-refractivity contribution is 5.95. The molecule has 0 saturated heterocycles. The number of esters is 1. The lowest BCUT2D eigenvalue weighted by Crippen LogP contribution is -2.54. The lowest BCUT2D eigenvalue weighted by Gasteiger charge is -2.27. The van der Waals surface area contributed by atoms with Crippen LogP contribution in [0, 0.1) is 5.92 Å². The molecule has 0 heterocycles. The zero-order valence-electron chi connectivity index (χ0n) is 28.2. The first-order valence-corrected chi connectivity index (χ1v) is 16.1. The number of anilines is 1. The number of urea groups is 1. The molecule has 0 radical (unpaired) electrons. The van der Waals surface area contributed by atoms with Crippen molar-refractivity contribution in [3.8, 4) is 17.2 Å². The molecule has 0 aliphatic heterocycles. The molecule has 9 heteroatoms. The fourth-order valence-electron chi connectivity index (χ4n) is 4.80. The van der Waals surface area contributed by atoms with E-state index >= 15 is 0 Å². The van der Waals surface area contributed by atoms with Crippen LogP contribution in [0.2, 0.25) is 0 Å². The largest absolute Gasteiger partial charge is 0.489 e. The zero-order chi connectivity index (χ0) is 34.5. The van der Waals surface area contributed by atoms with Gasteiger partial charge in [0.25, 0.3) is 0 Å². The summed E-state index contributed by atoms with van der Waals surface area (Å²) < 4.78 is 17.4. The molecule has 0 bridgehead atoms. The van der Waals surface area contributed by atoms with Crippen molar-refractivity contribution in [3.63, 3.8) is 0 Å². The average molecular weight is 652 g/mol. The molecule has 0 aromatic heterocycles. The molecule has 4 aromatic carbocycles. The summed E-state index contributed by atoms with van der Waals surface area (Å²) in [4.78, 5) is 40.0. The second kappa shape index (κ2) is 17.0. The van der Waals surface area contributed by atoms with E-state index in [1.54, 1.807) is 45.0 Å². The Labute approximate surface area is 283 Å². The molecule has 2 atom stereocenters. The van der Waals surface area contributed by atoms with Crippen LogP contribution in [-0.4, -0.2) is 35.6 Å². The van der Waals surface area contributed by atoms with Crippen LogP contribution in [-0.2, 0) is 27.4 Å². The lowest BCUT2D eigenvalue weighted by atomic mass is 10.0. The molecule has 252 valence electrons. The Morgan fingerprint density at radius 2 is 1.25 bits per heavy atom. The van der Waals surface area contributed by atoms with Gasteiger partial charge in [0.2, 0.25) is 5.91 Å². The zero-order valence-corrected chi connectivity index (χ0v) is 28.2. The molecule has 0 fully saturated rings. The number of nitrogens with one attached hydrogen (secondary N) is 3. The first-order valence-electron chi connectivity index (χ1n) is 16.1. The van der Waals surface area contributed by atoms with Crippen molar-refractivity contribution < 1.29 is 28.6 Å². The predicted molar refractivity (Wildman–Crippen MR) is 187 cm³/mol. The Morgan fingerprint density at radius 1 is 0.667 bits per heavy atom. The smallest absolute Gasteiger partial charge is 0.329 e. The molecule has 48 heavy (non-hydrogen) atoms. The van der Waals surface area contributed by atoms with Crippen molar-refractivity contribution in [3.05, 3.63) is 120 Å². The summed E-state index contributed by atoms with van der Waals surface area (Å²) in [5, 5.41) is 8.41. The summed E-state index contributed by atoms with van der Waals surface area (Å²) in [6, 6.07) is 31.1. The summed E-state index contributed by atoms with van der Waals surface area (Å²) in [7, 11) is 0. The van der Waals surface area contributed by atoms with Crippen LogP contribution in [0.1, 0.15) is 52.2 Å². The first kappa shape index (κ1) is 35.5. The molecular weight excluding hydrogens is 606 g/mol. The second-order valence-corrected chi connectivity index (χ2v) is 12.9. The molecule has 9 nitrogen and oxygen atoms in total. The van der Waals surface area contributed by atoms with Crippen molar-refractivity contribution in [1.29, 1.82) is 0 Å². The fourth-order valence-corrected chi connectivity index (χ4v) is 4.80.